The molecule has 3 aromatic rings. The molecule has 0 aliphatic heterocycles. The van der Waals surface area contributed by atoms with Crippen LogP contribution in [0.5, 0.6) is 0 Å². The van der Waals surface area contributed by atoms with Crippen molar-refractivity contribution >= 4 is 38.2 Å². The van der Waals surface area contributed by atoms with E-state index in [4.69, 9.17) is 0 Å². The van der Waals surface area contributed by atoms with Crippen molar-refractivity contribution in [1.82, 2.24) is 9.88 Å². The molecule has 0 saturated carbocycles. The van der Waals surface area contributed by atoms with Crippen LogP contribution in [-0.2, 0) is 13.1 Å². The van der Waals surface area contributed by atoms with E-state index in [1.165, 1.54) is 20.3 Å². The van der Waals surface area contributed by atoms with E-state index >= 15 is 0 Å². The number of nitrogens with one attached hydrogen (secondary N) is 1. The van der Waals surface area contributed by atoms with Gasteiger partial charge >= 0.3 is 0 Å². The van der Waals surface area contributed by atoms with Crippen LogP contribution in [0.3, 0.4) is 0 Å². The van der Waals surface area contributed by atoms with E-state index in [1.807, 2.05) is 0 Å². The summed E-state index contributed by atoms with van der Waals surface area (Å²) in [6, 6.07) is 12.9. The highest BCUT2D eigenvalue weighted by molar-refractivity contribution is 9.10. The van der Waals surface area contributed by atoms with Gasteiger partial charge in [-0.1, -0.05) is 18.2 Å². The van der Waals surface area contributed by atoms with Crippen molar-refractivity contribution in [3.8, 4) is 0 Å². The van der Waals surface area contributed by atoms with Crippen LogP contribution in [0.15, 0.2) is 52.4 Å². The molecule has 0 unspecified atom stereocenters. The SMILES string of the molecule is Brc1csc(CNCCCn2ccc3ccccc32)c1. The quantitative estimate of drug-likeness (QED) is 0.641. The molecule has 0 amide bonds. The molecule has 2 heterocycles. The summed E-state index contributed by atoms with van der Waals surface area (Å²) in [7, 11) is 0. The van der Waals surface area contributed by atoms with Gasteiger partial charge in [0.2, 0.25) is 0 Å². The summed E-state index contributed by atoms with van der Waals surface area (Å²) in [5.74, 6) is 0. The molecule has 1 N–H and O–H groups in total. The number of thiophene rings is 1. The third-order valence-corrected chi connectivity index (χ3v) is 5.05. The van der Waals surface area contributed by atoms with E-state index in [0.717, 1.165) is 26.1 Å². The second-order valence-corrected chi connectivity index (χ2v) is 6.74. The molecule has 0 atom stereocenters. The van der Waals surface area contributed by atoms with Crippen molar-refractivity contribution < 1.29 is 0 Å². The number of hydrogen-bond acceptors (Lipinski definition) is 2. The maximum absolute atomic E-state index is 3.50. The van der Waals surface area contributed by atoms with Gasteiger partial charge in [-0.05, 0) is 52.5 Å². The molecule has 104 valence electrons. The number of aryl methyl sites for hydroxylation is 1. The highest BCUT2D eigenvalue weighted by Crippen LogP contribution is 2.19. The Balaban J connectivity index is 1.46. The van der Waals surface area contributed by atoms with E-state index in [0.29, 0.717) is 0 Å². The first-order valence-electron chi connectivity index (χ1n) is 6.80. The summed E-state index contributed by atoms with van der Waals surface area (Å²) in [6.45, 7) is 3.07. The normalized spacial score (nSPS) is 11.2. The number of para-hydroxylation sites is 1. The van der Waals surface area contributed by atoms with Crippen LogP contribution in [0, 0.1) is 0 Å². The largest absolute Gasteiger partial charge is 0.347 e. The Kier molecular flexibility index (Phi) is 4.55. The second-order valence-electron chi connectivity index (χ2n) is 4.83. The zero-order valence-corrected chi connectivity index (χ0v) is 13.6. The Morgan fingerprint density at radius 3 is 2.95 bits per heavy atom. The van der Waals surface area contributed by atoms with Gasteiger partial charge in [-0.25, -0.2) is 0 Å². The molecule has 0 saturated heterocycles. The molecule has 2 aromatic heterocycles. The molecule has 0 spiro atoms. The first kappa shape index (κ1) is 13.9. The average Bonchev–Trinajstić information content (AvgIpc) is 3.05. The topological polar surface area (TPSA) is 17.0 Å². The second kappa shape index (κ2) is 6.57. The van der Waals surface area contributed by atoms with Gasteiger partial charge in [-0.3, -0.25) is 0 Å². The number of hydrogen-bond donors (Lipinski definition) is 1. The van der Waals surface area contributed by atoms with Crippen molar-refractivity contribution in [3.05, 3.63) is 57.3 Å². The third-order valence-electron chi connectivity index (χ3n) is 3.35. The summed E-state index contributed by atoms with van der Waals surface area (Å²) < 4.78 is 3.51. The van der Waals surface area contributed by atoms with Crippen LogP contribution in [0.25, 0.3) is 10.9 Å². The molecule has 20 heavy (non-hydrogen) atoms. The van der Waals surface area contributed by atoms with Crippen LogP contribution in [0.2, 0.25) is 0 Å². The lowest BCUT2D eigenvalue weighted by atomic mass is 10.2. The van der Waals surface area contributed by atoms with Gasteiger partial charge in [-0.15, -0.1) is 11.3 Å². The molecule has 0 bridgehead atoms. The fraction of sp³-hybridized carbons (Fsp3) is 0.250. The van der Waals surface area contributed by atoms with Crippen LogP contribution in [0.4, 0.5) is 0 Å². The van der Waals surface area contributed by atoms with Crippen molar-refractivity contribution in [2.75, 3.05) is 6.54 Å². The molecule has 1 aromatic carbocycles. The van der Waals surface area contributed by atoms with Crippen molar-refractivity contribution in [2.45, 2.75) is 19.5 Å². The minimum Gasteiger partial charge on any atom is -0.347 e. The Hall–Kier alpha value is -1.10. The van der Waals surface area contributed by atoms with Crippen molar-refractivity contribution in [1.29, 1.82) is 0 Å². The molecule has 0 fully saturated rings. The Morgan fingerprint density at radius 1 is 1.20 bits per heavy atom. The maximum Gasteiger partial charge on any atom is 0.0480 e. The zero-order chi connectivity index (χ0) is 13.8. The minimum absolute atomic E-state index is 0.961. The molecular formula is C16H17BrN2S. The highest BCUT2D eigenvalue weighted by atomic mass is 79.9. The number of halogens is 1. The number of aromatic nitrogens is 1. The van der Waals surface area contributed by atoms with Gasteiger partial charge in [0.25, 0.3) is 0 Å². The third kappa shape index (κ3) is 3.32. The molecule has 0 aliphatic carbocycles. The maximum atomic E-state index is 3.50. The Bertz CT molecular complexity index is 686. The summed E-state index contributed by atoms with van der Waals surface area (Å²) in [5, 5.41) is 6.95. The Labute approximate surface area is 131 Å². The lowest BCUT2D eigenvalue weighted by molar-refractivity contribution is 0.593. The van der Waals surface area contributed by atoms with Gasteiger partial charge in [0.1, 0.15) is 0 Å². The lowest BCUT2D eigenvalue weighted by Crippen LogP contribution is -2.15. The first-order chi connectivity index (χ1) is 9.83. The van der Waals surface area contributed by atoms with Gasteiger partial charge in [0.05, 0.1) is 0 Å². The van der Waals surface area contributed by atoms with Crippen LogP contribution >= 0.6 is 27.3 Å². The van der Waals surface area contributed by atoms with Gasteiger partial charge < -0.3 is 9.88 Å². The van der Waals surface area contributed by atoms with Crippen molar-refractivity contribution in [2.24, 2.45) is 0 Å². The molecule has 4 heteroatoms. The summed E-state index contributed by atoms with van der Waals surface area (Å²) in [4.78, 5) is 1.38. The van der Waals surface area contributed by atoms with Gasteiger partial charge in [-0.2, -0.15) is 0 Å². The Morgan fingerprint density at radius 2 is 2.10 bits per heavy atom. The van der Waals surface area contributed by atoms with E-state index in [1.54, 1.807) is 11.3 Å². The van der Waals surface area contributed by atoms with E-state index in [9.17, 15) is 0 Å². The minimum atomic E-state index is 0.961. The fourth-order valence-electron chi connectivity index (χ4n) is 2.37. The predicted molar refractivity (Wildman–Crippen MR) is 90.3 cm³/mol. The van der Waals surface area contributed by atoms with Crippen LogP contribution in [-0.4, -0.2) is 11.1 Å². The molecule has 0 radical (unpaired) electrons. The number of rotatable bonds is 6. The predicted octanol–water partition coefficient (Wildman–Crippen LogP) is 4.65. The lowest BCUT2D eigenvalue weighted by Gasteiger charge is -2.06. The van der Waals surface area contributed by atoms with Crippen LogP contribution in [0.1, 0.15) is 11.3 Å². The molecule has 3 rings (SSSR count). The summed E-state index contributed by atoms with van der Waals surface area (Å²) >= 11 is 5.28. The summed E-state index contributed by atoms with van der Waals surface area (Å²) in [5.41, 5.74) is 1.33. The first-order valence-corrected chi connectivity index (χ1v) is 8.48. The van der Waals surface area contributed by atoms with Gasteiger partial charge in [0, 0.05) is 39.5 Å². The van der Waals surface area contributed by atoms with E-state index < -0.39 is 0 Å². The molecular weight excluding hydrogens is 332 g/mol. The number of benzene rings is 1. The average molecular weight is 349 g/mol. The fourth-order valence-corrected chi connectivity index (χ4v) is 3.79. The number of nitrogens with zero attached hydrogens (tertiary/aromatic N) is 1. The smallest absolute Gasteiger partial charge is 0.0480 e. The molecule has 2 nitrogen and oxygen atoms in total. The molecule has 0 aliphatic rings. The summed E-state index contributed by atoms with van der Waals surface area (Å²) in [6.07, 6.45) is 3.33. The van der Waals surface area contributed by atoms with Crippen molar-refractivity contribution in [3.63, 3.8) is 0 Å². The highest BCUT2D eigenvalue weighted by Gasteiger charge is 2.00. The van der Waals surface area contributed by atoms with E-state index in [2.05, 4.69) is 73.8 Å². The number of fused-ring (bicyclic) bond motifs is 1. The zero-order valence-electron chi connectivity index (χ0n) is 11.2. The van der Waals surface area contributed by atoms with Gasteiger partial charge in [0.15, 0.2) is 0 Å². The van der Waals surface area contributed by atoms with E-state index in [-0.39, 0.29) is 0 Å². The van der Waals surface area contributed by atoms with Crippen LogP contribution < -0.4 is 5.32 Å². The monoisotopic (exact) mass is 348 g/mol. The standard InChI is InChI=1S/C16H17BrN2S/c17-14-10-15(20-12-14)11-18-7-3-8-19-9-6-13-4-1-2-5-16(13)19/h1-2,4-6,9-10,12,18H,3,7-8,11H2.